The van der Waals surface area contributed by atoms with Crippen LogP contribution in [0.5, 0.6) is 0 Å². The lowest BCUT2D eigenvalue weighted by Gasteiger charge is -2.02. The fraction of sp³-hybridized carbons (Fsp3) is 0.333. The number of rotatable bonds is 5. The van der Waals surface area contributed by atoms with Crippen molar-refractivity contribution in [3.05, 3.63) is 47.5 Å². The van der Waals surface area contributed by atoms with Crippen molar-refractivity contribution in [2.24, 2.45) is 7.05 Å². The molecule has 90 valence electrons. The Kier molecular flexibility index (Phi) is 3.82. The van der Waals surface area contributed by atoms with Crippen LogP contribution in [0.4, 0.5) is 4.39 Å². The number of hydrogen-bond acceptors (Lipinski definition) is 3. The van der Waals surface area contributed by atoms with Gasteiger partial charge in [-0.05, 0) is 30.7 Å². The fourth-order valence-electron chi connectivity index (χ4n) is 1.62. The van der Waals surface area contributed by atoms with Gasteiger partial charge < -0.3 is 5.32 Å². The molecule has 2 rings (SSSR count). The molecule has 0 aliphatic heterocycles. The third-order valence-electron chi connectivity index (χ3n) is 2.44. The lowest BCUT2D eigenvalue weighted by Crippen LogP contribution is -2.17. The zero-order valence-corrected chi connectivity index (χ0v) is 9.73. The zero-order chi connectivity index (χ0) is 12.1. The maximum absolute atomic E-state index is 12.9. The van der Waals surface area contributed by atoms with E-state index < -0.39 is 0 Å². The molecule has 4 nitrogen and oxygen atoms in total. The molecule has 0 saturated heterocycles. The zero-order valence-electron chi connectivity index (χ0n) is 9.73. The Balaban J connectivity index is 1.73. The molecular formula is C12H15FN4. The van der Waals surface area contributed by atoms with Crippen molar-refractivity contribution in [3.8, 4) is 0 Å². The Morgan fingerprint density at radius 1 is 1.41 bits per heavy atom. The number of aromatic nitrogens is 3. The highest BCUT2D eigenvalue weighted by Crippen LogP contribution is 2.03. The van der Waals surface area contributed by atoms with Gasteiger partial charge in [0.25, 0.3) is 0 Å². The molecule has 0 amide bonds. The molecule has 0 unspecified atom stereocenters. The van der Waals surface area contributed by atoms with Crippen molar-refractivity contribution in [2.75, 3.05) is 6.54 Å². The first-order chi connectivity index (χ1) is 8.24. The smallest absolute Gasteiger partial charge is 0.123 e. The summed E-state index contributed by atoms with van der Waals surface area (Å²) in [7, 11) is 1.84. The summed E-state index contributed by atoms with van der Waals surface area (Å²) >= 11 is 0. The second-order valence-electron chi connectivity index (χ2n) is 3.94. The van der Waals surface area contributed by atoms with Gasteiger partial charge in [-0.25, -0.2) is 4.39 Å². The average molecular weight is 234 g/mol. The second-order valence-corrected chi connectivity index (χ2v) is 3.94. The number of hydrogen-bond donors (Lipinski definition) is 1. The van der Waals surface area contributed by atoms with Gasteiger partial charge in [-0.2, -0.15) is 0 Å². The minimum atomic E-state index is -0.184. The summed E-state index contributed by atoms with van der Waals surface area (Å²) in [6, 6.07) is 6.67. The van der Waals surface area contributed by atoms with Crippen LogP contribution in [0.25, 0.3) is 0 Å². The molecule has 17 heavy (non-hydrogen) atoms. The lowest BCUT2D eigenvalue weighted by molar-refractivity contribution is 0.622. The summed E-state index contributed by atoms with van der Waals surface area (Å²) in [5.41, 5.74) is 1.91. The highest BCUT2D eigenvalue weighted by molar-refractivity contribution is 5.16. The van der Waals surface area contributed by atoms with Crippen molar-refractivity contribution in [1.82, 2.24) is 20.3 Å². The number of aryl methyl sites for hydroxylation is 1. The molecule has 0 saturated carbocycles. The Hall–Kier alpha value is -1.75. The SMILES string of the molecule is Cn1cc(CNCCc2cccc(F)c2)nn1. The minimum Gasteiger partial charge on any atom is -0.311 e. The predicted molar refractivity (Wildman–Crippen MR) is 62.8 cm³/mol. The van der Waals surface area contributed by atoms with Gasteiger partial charge in [0.2, 0.25) is 0 Å². The number of nitrogens with zero attached hydrogens (tertiary/aromatic N) is 3. The Morgan fingerprint density at radius 3 is 3.00 bits per heavy atom. The summed E-state index contributed by atoms with van der Waals surface area (Å²) in [5, 5.41) is 11.1. The van der Waals surface area contributed by atoms with Gasteiger partial charge in [0.1, 0.15) is 5.82 Å². The predicted octanol–water partition coefficient (Wildman–Crippen LogP) is 1.29. The number of halogens is 1. The maximum atomic E-state index is 12.9. The third-order valence-corrected chi connectivity index (χ3v) is 2.44. The first-order valence-corrected chi connectivity index (χ1v) is 5.54. The van der Waals surface area contributed by atoms with E-state index in [4.69, 9.17) is 0 Å². The van der Waals surface area contributed by atoms with E-state index in [1.807, 2.05) is 19.3 Å². The van der Waals surface area contributed by atoms with Crippen molar-refractivity contribution >= 4 is 0 Å². The highest BCUT2D eigenvalue weighted by Gasteiger charge is 1.98. The summed E-state index contributed by atoms with van der Waals surface area (Å²) in [4.78, 5) is 0. The van der Waals surface area contributed by atoms with Gasteiger partial charge in [0.05, 0.1) is 5.69 Å². The topological polar surface area (TPSA) is 42.7 Å². The van der Waals surface area contributed by atoms with Crippen LogP contribution < -0.4 is 5.32 Å². The standard InChI is InChI=1S/C12H15FN4/c1-17-9-12(15-16-17)8-14-6-5-10-3-2-4-11(13)7-10/h2-4,7,9,14H,5-6,8H2,1H3. The van der Waals surface area contributed by atoms with E-state index in [1.54, 1.807) is 16.8 Å². The molecule has 1 heterocycles. The average Bonchev–Trinajstić information content (AvgIpc) is 2.71. The Morgan fingerprint density at radius 2 is 2.29 bits per heavy atom. The Labute approximate surface area is 99.5 Å². The number of nitrogens with one attached hydrogen (secondary N) is 1. The molecule has 0 radical (unpaired) electrons. The monoisotopic (exact) mass is 234 g/mol. The molecule has 1 N–H and O–H groups in total. The van der Waals surface area contributed by atoms with Gasteiger partial charge in [-0.3, -0.25) is 4.68 Å². The van der Waals surface area contributed by atoms with E-state index >= 15 is 0 Å². The first kappa shape index (κ1) is 11.7. The normalized spacial score (nSPS) is 10.7. The van der Waals surface area contributed by atoms with Crippen LogP contribution in [0.3, 0.4) is 0 Å². The van der Waals surface area contributed by atoms with Crippen LogP contribution in [0.2, 0.25) is 0 Å². The molecule has 1 aromatic heterocycles. The molecule has 0 aliphatic carbocycles. The van der Waals surface area contributed by atoms with Crippen LogP contribution in [0.15, 0.2) is 30.5 Å². The summed E-state index contributed by atoms with van der Waals surface area (Å²) < 4.78 is 14.6. The van der Waals surface area contributed by atoms with Crippen molar-refractivity contribution in [2.45, 2.75) is 13.0 Å². The lowest BCUT2D eigenvalue weighted by atomic mass is 10.1. The quantitative estimate of drug-likeness (QED) is 0.793. The first-order valence-electron chi connectivity index (χ1n) is 5.54. The molecule has 5 heteroatoms. The molecule has 0 atom stereocenters. The van der Waals surface area contributed by atoms with Gasteiger partial charge in [-0.1, -0.05) is 17.3 Å². The molecule has 2 aromatic rings. The summed E-state index contributed by atoms with van der Waals surface area (Å²) in [5.74, 6) is -0.184. The van der Waals surface area contributed by atoms with Crippen LogP contribution in [0.1, 0.15) is 11.3 Å². The van der Waals surface area contributed by atoms with E-state index in [0.717, 1.165) is 24.2 Å². The molecule has 0 spiro atoms. The van der Waals surface area contributed by atoms with E-state index in [9.17, 15) is 4.39 Å². The minimum absolute atomic E-state index is 0.184. The van der Waals surface area contributed by atoms with Crippen molar-refractivity contribution in [3.63, 3.8) is 0 Å². The fourth-order valence-corrected chi connectivity index (χ4v) is 1.62. The van der Waals surface area contributed by atoms with Crippen molar-refractivity contribution < 1.29 is 4.39 Å². The van der Waals surface area contributed by atoms with E-state index in [2.05, 4.69) is 15.6 Å². The van der Waals surface area contributed by atoms with Gasteiger partial charge in [-0.15, -0.1) is 5.10 Å². The molecular weight excluding hydrogens is 219 g/mol. The van der Waals surface area contributed by atoms with Crippen molar-refractivity contribution in [1.29, 1.82) is 0 Å². The maximum Gasteiger partial charge on any atom is 0.123 e. The molecule has 0 aliphatic rings. The van der Waals surface area contributed by atoms with Gasteiger partial charge in [0.15, 0.2) is 0 Å². The summed E-state index contributed by atoms with van der Waals surface area (Å²) in [6.45, 7) is 1.48. The van der Waals surface area contributed by atoms with E-state index in [-0.39, 0.29) is 5.82 Å². The van der Waals surface area contributed by atoms with Crippen LogP contribution >= 0.6 is 0 Å². The van der Waals surface area contributed by atoms with Gasteiger partial charge >= 0.3 is 0 Å². The Bertz CT molecular complexity index is 481. The highest BCUT2D eigenvalue weighted by atomic mass is 19.1. The molecule has 1 aromatic carbocycles. The van der Waals surface area contributed by atoms with Crippen LogP contribution in [-0.4, -0.2) is 21.5 Å². The van der Waals surface area contributed by atoms with Crippen LogP contribution in [0, 0.1) is 5.82 Å². The molecule has 0 bridgehead atoms. The largest absolute Gasteiger partial charge is 0.311 e. The van der Waals surface area contributed by atoms with Crippen LogP contribution in [-0.2, 0) is 20.0 Å². The second kappa shape index (κ2) is 5.54. The van der Waals surface area contributed by atoms with E-state index in [0.29, 0.717) is 6.54 Å². The molecule has 0 fully saturated rings. The third kappa shape index (κ3) is 3.64. The van der Waals surface area contributed by atoms with Gasteiger partial charge in [0, 0.05) is 19.8 Å². The number of benzene rings is 1. The summed E-state index contributed by atoms with van der Waals surface area (Å²) in [6.07, 6.45) is 2.67. The van der Waals surface area contributed by atoms with E-state index in [1.165, 1.54) is 6.07 Å².